The average Bonchev–Trinajstić information content (AvgIpc) is 3.59. The lowest BCUT2D eigenvalue weighted by atomic mass is 10.1. The molecule has 1 atom stereocenters. The van der Waals surface area contributed by atoms with Crippen LogP contribution in [0.25, 0.3) is 21.2 Å². The van der Waals surface area contributed by atoms with E-state index in [9.17, 15) is 14.0 Å². The molecule has 0 aliphatic heterocycles. The van der Waals surface area contributed by atoms with E-state index >= 15 is 0 Å². The summed E-state index contributed by atoms with van der Waals surface area (Å²) in [6, 6.07) is 23.5. The van der Waals surface area contributed by atoms with Crippen LogP contribution in [0.15, 0.2) is 89.6 Å². The summed E-state index contributed by atoms with van der Waals surface area (Å²) in [4.78, 5) is 25.8. The van der Waals surface area contributed by atoms with E-state index in [2.05, 4.69) is 10.6 Å². The standard InChI is InChI=1S/C28H22FN3O2S2/c29-26(28(34)31-15-17-4-2-1-3-5-17)20-7-6-19-13-25(36-24(19)14-20)27(33)32-23-12-18(8-9-22(23)30)21-10-11-35-16-21/h1-14,16,26H,15,30H2,(H,31,34)(H,32,33). The molecule has 8 heteroatoms. The van der Waals surface area contributed by atoms with Gasteiger partial charge in [0, 0.05) is 11.2 Å². The lowest BCUT2D eigenvalue weighted by Crippen LogP contribution is -2.26. The second-order valence-corrected chi connectivity index (χ2v) is 10.1. The third-order valence-electron chi connectivity index (χ3n) is 5.76. The van der Waals surface area contributed by atoms with Crippen molar-refractivity contribution in [3.8, 4) is 11.1 Å². The number of rotatable bonds is 7. The third kappa shape index (κ3) is 5.15. The largest absolute Gasteiger partial charge is 0.397 e. The topological polar surface area (TPSA) is 84.2 Å². The van der Waals surface area contributed by atoms with Crippen molar-refractivity contribution < 1.29 is 14.0 Å². The van der Waals surface area contributed by atoms with E-state index < -0.39 is 12.1 Å². The maximum absolute atomic E-state index is 14.9. The van der Waals surface area contributed by atoms with E-state index in [4.69, 9.17) is 5.73 Å². The molecule has 3 aromatic carbocycles. The summed E-state index contributed by atoms with van der Waals surface area (Å²) in [5, 5.41) is 10.3. The highest BCUT2D eigenvalue weighted by Crippen LogP contribution is 2.32. The second kappa shape index (κ2) is 10.3. The molecule has 5 nitrogen and oxygen atoms in total. The minimum atomic E-state index is -1.81. The van der Waals surface area contributed by atoms with Gasteiger partial charge in [0.05, 0.1) is 16.3 Å². The molecule has 180 valence electrons. The maximum atomic E-state index is 14.9. The van der Waals surface area contributed by atoms with Gasteiger partial charge in [-0.1, -0.05) is 48.5 Å². The summed E-state index contributed by atoms with van der Waals surface area (Å²) in [5.41, 5.74) is 10.2. The van der Waals surface area contributed by atoms with Gasteiger partial charge in [-0.2, -0.15) is 11.3 Å². The summed E-state index contributed by atoms with van der Waals surface area (Å²) < 4.78 is 15.6. The van der Waals surface area contributed by atoms with Crippen LogP contribution >= 0.6 is 22.7 Å². The van der Waals surface area contributed by atoms with Crippen molar-refractivity contribution >= 4 is 55.9 Å². The number of hydrogen-bond donors (Lipinski definition) is 3. The van der Waals surface area contributed by atoms with Crippen LogP contribution in [0.5, 0.6) is 0 Å². The predicted molar refractivity (Wildman–Crippen MR) is 146 cm³/mol. The Morgan fingerprint density at radius 2 is 1.78 bits per heavy atom. The number of benzene rings is 3. The predicted octanol–water partition coefficient (Wildman–Crippen LogP) is 6.79. The molecule has 2 aromatic heterocycles. The van der Waals surface area contributed by atoms with Crippen molar-refractivity contribution in [2.75, 3.05) is 11.1 Å². The zero-order chi connectivity index (χ0) is 25.1. The van der Waals surface area contributed by atoms with Gasteiger partial charge in [-0.15, -0.1) is 11.3 Å². The lowest BCUT2D eigenvalue weighted by Gasteiger charge is -2.10. The Morgan fingerprint density at radius 3 is 2.56 bits per heavy atom. The quantitative estimate of drug-likeness (QED) is 0.209. The highest BCUT2D eigenvalue weighted by Gasteiger charge is 2.21. The van der Waals surface area contributed by atoms with Crippen LogP contribution in [0.1, 0.15) is 27.0 Å². The number of halogens is 1. The molecule has 4 N–H and O–H groups in total. The highest BCUT2D eigenvalue weighted by atomic mass is 32.1. The fourth-order valence-corrected chi connectivity index (χ4v) is 5.47. The van der Waals surface area contributed by atoms with Crippen LogP contribution in [0.4, 0.5) is 15.8 Å². The SMILES string of the molecule is Nc1ccc(-c2ccsc2)cc1NC(=O)c1cc2ccc(C(F)C(=O)NCc3ccccc3)cc2s1. The molecule has 0 fully saturated rings. The number of anilines is 2. The third-order valence-corrected chi connectivity index (χ3v) is 7.54. The molecule has 0 radical (unpaired) electrons. The van der Waals surface area contributed by atoms with Gasteiger partial charge >= 0.3 is 0 Å². The number of amides is 2. The zero-order valence-electron chi connectivity index (χ0n) is 19.0. The van der Waals surface area contributed by atoms with Gasteiger partial charge in [0.2, 0.25) is 6.17 Å². The normalized spacial score (nSPS) is 11.8. The molecular weight excluding hydrogens is 493 g/mol. The van der Waals surface area contributed by atoms with E-state index in [1.807, 2.05) is 59.3 Å². The summed E-state index contributed by atoms with van der Waals surface area (Å²) in [7, 11) is 0. The number of fused-ring (bicyclic) bond motifs is 1. The van der Waals surface area contributed by atoms with Crippen LogP contribution in [0.3, 0.4) is 0 Å². The average molecular weight is 516 g/mol. The zero-order valence-corrected chi connectivity index (χ0v) is 20.7. The fourth-order valence-electron chi connectivity index (χ4n) is 3.80. The maximum Gasteiger partial charge on any atom is 0.265 e. The van der Waals surface area contributed by atoms with Gasteiger partial charge in [-0.25, -0.2) is 4.39 Å². The van der Waals surface area contributed by atoms with Gasteiger partial charge < -0.3 is 16.4 Å². The molecule has 0 bridgehead atoms. The molecule has 0 saturated carbocycles. The Kier molecular flexibility index (Phi) is 6.79. The molecular formula is C28H22FN3O2S2. The summed E-state index contributed by atoms with van der Waals surface area (Å²) >= 11 is 2.83. The van der Waals surface area contributed by atoms with E-state index in [-0.39, 0.29) is 18.0 Å². The molecule has 1 unspecified atom stereocenters. The first kappa shape index (κ1) is 23.7. The van der Waals surface area contributed by atoms with Crippen molar-refractivity contribution in [2.24, 2.45) is 0 Å². The number of nitrogen functional groups attached to an aromatic ring is 1. The number of nitrogens with two attached hydrogens (primary N) is 1. The molecule has 5 aromatic rings. The molecule has 0 saturated heterocycles. The molecule has 36 heavy (non-hydrogen) atoms. The first-order chi connectivity index (χ1) is 17.5. The Balaban J connectivity index is 1.30. The number of carbonyl (C=O) groups is 2. The Bertz CT molecular complexity index is 1530. The minimum Gasteiger partial charge on any atom is -0.397 e. The number of carbonyl (C=O) groups excluding carboxylic acids is 2. The summed E-state index contributed by atoms with van der Waals surface area (Å²) in [5.74, 6) is -1.00. The van der Waals surface area contributed by atoms with Crippen molar-refractivity contribution in [2.45, 2.75) is 12.7 Å². The molecule has 0 aliphatic carbocycles. The van der Waals surface area contributed by atoms with Crippen LogP contribution in [0.2, 0.25) is 0 Å². The minimum absolute atomic E-state index is 0.245. The van der Waals surface area contributed by atoms with E-state index in [0.29, 0.717) is 16.3 Å². The fraction of sp³-hybridized carbons (Fsp3) is 0.0714. The van der Waals surface area contributed by atoms with Gasteiger partial charge in [0.25, 0.3) is 11.8 Å². The summed E-state index contributed by atoms with van der Waals surface area (Å²) in [6.07, 6.45) is -1.81. The van der Waals surface area contributed by atoms with Crippen molar-refractivity contribution in [1.82, 2.24) is 5.32 Å². The molecule has 2 heterocycles. The van der Waals surface area contributed by atoms with Crippen LogP contribution in [-0.4, -0.2) is 11.8 Å². The molecule has 0 aliphatic rings. The van der Waals surface area contributed by atoms with Gasteiger partial charge in [0.1, 0.15) is 0 Å². The van der Waals surface area contributed by atoms with E-state index in [1.54, 1.807) is 41.7 Å². The van der Waals surface area contributed by atoms with Crippen molar-refractivity contribution in [3.05, 3.63) is 106 Å². The van der Waals surface area contributed by atoms with Gasteiger partial charge in [0.15, 0.2) is 0 Å². The molecule has 0 spiro atoms. The monoisotopic (exact) mass is 515 g/mol. The van der Waals surface area contributed by atoms with Crippen molar-refractivity contribution in [3.63, 3.8) is 0 Å². The smallest absolute Gasteiger partial charge is 0.265 e. The van der Waals surface area contributed by atoms with E-state index in [0.717, 1.165) is 26.8 Å². The highest BCUT2D eigenvalue weighted by molar-refractivity contribution is 7.20. The second-order valence-electron chi connectivity index (χ2n) is 8.24. The number of nitrogens with one attached hydrogen (secondary N) is 2. The lowest BCUT2D eigenvalue weighted by molar-refractivity contribution is -0.126. The molecule has 5 rings (SSSR count). The first-order valence-electron chi connectivity index (χ1n) is 11.2. The molecule has 2 amide bonds. The Labute approximate surface area is 215 Å². The van der Waals surface area contributed by atoms with E-state index in [1.165, 1.54) is 11.3 Å². The van der Waals surface area contributed by atoms with Crippen LogP contribution in [0, 0.1) is 0 Å². The Hall–Kier alpha value is -4.01. The Morgan fingerprint density at radius 1 is 0.944 bits per heavy atom. The number of thiophene rings is 2. The van der Waals surface area contributed by atoms with Gasteiger partial charge in [-0.3, -0.25) is 9.59 Å². The first-order valence-corrected chi connectivity index (χ1v) is 13.0. The van der Waals surface area contributed by atoms with Crippen LogP contribution in [-0.2, 0) is 11.3 Å². The number of alkyl halides is 1. The summed E-state index contributed by atoms with van der Waals surface area (Å²) in [6.45, 7) is 0.252. The van der Waals surface area contributed by atoms with Gasteiger partial charge in [-0.05, 0) is 68.7 Å². The van der Waals surface area contributed by atoms with Crippen LogP contribution < -0.4 is 16.4 Å². The van der Waals surface area contributed by atoms with Crippen molar-refractivity contribution in [1.29, 1.82) is 0 Å². The number of hydrogen-bond acceptors (Lipinski definition) is 5.